The molecule has 0 bridgehead atoms. The van der Waals surface area contributed by atoms with Crippen LogP contribution in [0.5, 0.6) is 11.5 Å². The predicted octanol–water partition coefficient (Wildman–Crippen LogP) is 2.52. The minimum absolute atomic E-state index is 0.0887. The van der Waals surface area contributed by atoms with Gasteiger partial charge in [-0.15, -0.1) is 0 Å². The molecule has 2 atom stereocenters. The molecule has 1 aliphatic rings. The molecule has 1 heterocycles. The number of ether oxygens (including phenoxy) is 2. The van der Waals surface area contributed by atoms with Crippen molar-refractivity contribution in [3.8, 4) is 11.5 Å². The number of rotatable bonds is 4. The lowest BCUT2D eigenvalue weighted by Gasteiger charge is -2.12. The first-order valence-corrected chi connectivity index (χ1v) is 7.59. The highest BCUT2D eigenvalue weighted by Gasteiger charge is 2.31. The van der Waals surface area contributed by atoms with Crippen LogP contribution in [0.2, 0.25) is 0 Å². The summed E-state index contributed by atoms with van der Waals surface area (Å²) in [5.41, 5.74) is 8.53. The fraction of sp³-hybridized carbons (Fsp3) is 0.278. The Morgan fingerprint density at radius 1 is 1.04 bits per heavy atom. The van der Waals surface area contributed by atoms with Gasteiger partial charge in [-0.25, -0.2) is 15.6 Å². The Morgan fingerprint density at radius 2 is 1.74 bits per heavy atom. The van der Waals surface area contributed by atoms with E-state index in [9.17, 15) is 4.79 Å². The van der Waals surface area contributed by atoms with Gasteiger partial charge in [0.15, 0.2) is 11.5 Å². The molecule has 1 saturated heterocycles. The van der Waals surface area contributed by atoms with Crippen LogP contribution >= 0.6 is 0 Å². The van der Waals surface area contributed by atoms with Crippen LogP contribution in [0.25, 0.3) is 0 Å². The first kappa shape index (κ1) is 15.5. The van der Waals surface area contributed by atoms with Gasteiger partial charge in [-0.2, -0.15) is 0 Å². The number of methoxy groups -OCH3 is 1. The second-order valence-corrected chi connectivity index (χ2v) is 5.61. The van der Waals surface area contributed by atoms with Gasteiger partial charge in [0.05, 0.1) is 7.11 Å². The second kappa shape index (κ2) is 6.81. The van der Waals surface area contributed by atoms with E-state index in [4.69, 9.17) is 9.47 Å². The number of nitrogens with one attached hydrogen (secondary N) is 2. The number of para-hydroxylation sites is 2. The zero-order valence-electron chi connectivity index (χ0n) is 13.2. The van der Waals surface area contributed by atoms with Crippen LogP contribution in [-0.2, 0) is 4.79 Å². The van der Waals surface area contributed by atoms with Crippen molar-refractivity contribution >= 4 is 5.97 Å². The molecule has 5 heteroatoms. The Labute approximate surface area is 135 Å². The van der Waals surface area contributed by atoms with Crippen LogP contribution in [0.1, 0.15) is 23.6 Å². The number of hydrogen-bond donors (Lipinski definition) is 2. The van der Waals surface area contributed by atoms with Gasteiger partial charge in [0, 0.05) is 6.04 Å². The van der Waals surface area contributed by atoms with Crippen molar-refractivity contribution in [3.05, 3.63) is 59.7 Å². The van der Waals surface area contributed by atoms with E-state index < -0.39 is 6.04 Å². The van der Waals surface area contributed by atoms with Crippen molar-refractivity contribution < 1.29 is 14.3 Å². The fourth-order valence-corrected chi connectivity index (χ4v) is 2.61. The Kier molecular flexibility index (Phi) is 4.60. The van der Waals surface area contributed by atoms with Crippen molar-refractivity contribution in [1.82, 2.24) is 10.9 Å². The van der Waals surface area contributed by atoms with Gasteiger partial charge >= 0.3 is 5.97 Å². The molecule has 1 fully saturated rings. The Bertz CT molecular complexity index is 685. The molecule has 1 aliphatic heterocycles. The predicted molar refractivity (Wildman–Crippen MR) is 87.2 cm³/mol. The molecule has 3 rings (SSSR count). The molecule has 2 unspecified atom stereocenters. The highest BCUT2D eigenvalue weighted by atomic mass is 16.6. The molecule has 0 amide bonds. The molecule has 2 aromatic carbocycles. The van der Waals surface area contributed by atoms with Crippen LogP contribution in [0.3, 0.4) is 0 Å². The number of hydrazine groups is 1. The zero-order chi connectivity index (χ0) is 16.2. The van der Waals surface area contributed by atoms with Gasteiger partial charge in [-0.05, 0) is 31.0 Å². The molecule has 0 aliphatic carbocycles. The molecule has 5 nitrogen and oxygen atoms in total. The molecule has 23 heavy (non-hydrogen) atoms. The van der Waals surface area contributed by atoms with Crippen molar-refractivity contribution in [2.45, 2.75) is 25.4 Å². The van der Waals surface area contributed by atoms with Crippen molar-refractivity contribution in [2.24, 2.45) is 0 Å². The van der Waals surface area contributed by atoms with Crippen molar-refractivity contribution in [3.63, 3.8) is 0 Å². The van der Waals surface area contributed by atoms with Gasteiger partial charge < -0.3 is 9.47 Å². The quantitative estimate of drug-likeness (QED) is 0.671. The summed E-state index contributed by atoms with van der Waals surface area (Å²) >= 11 is 0. The maximum Gasteiger partial charge on any atom is 0.330 e. The third-order valence-electron chi connectivity index (χ3n) is 3.95. The van der Waals surface area contributed by atoms with E-state index in [-0.39, 0.29) is 12.0 Å². The summed E-state index contributed by atoms with van der Waals surface area (Å²) in [6.45, 7) is 2.05. The monoisotopic (exact) mass is 312 g/mol. The van der Waals surface area contributed by atoms with Crippen LogP contribution in [-0.4, -0.2) is 19.1 Å². The van der Waals surface area contributed by atoms with Crippen LogP contribution in [0.4, 0.5) is 0 Å². The third kappa shape index (κ3) is 3.52. The van der Waals surface area contributed by atoms with Gasteiger partial charge in [-0.3, -0.25) is 0 Å². The van der Waals surface area contributed by atoms with Gasteiger partial charge in [-0.1, -0.05) is 42.0 Å². The maximum atomic E-state index is 12.3. The van der Waals surface area contributed by atoms with E-state index in [1.807, 2.05) is 6.07 Å². The highest BCUT2D eigenvalue weighted by Crippen LogP contribution is 2.28. The molecular weight excluding hydrogens is 292 g/mol. The van der Waals surface area contributed by atoms with E-state index in [2.05, 4.69) is 42.0 Å². The third-order valence-corrected chi connectivity index (χ3v) is 3.95. The van der Waals surface area contributed by atoms with Crippen LogP contribution in [0, 0.1) is 6.92 Å². The summed E-state index contributed by atoms with van der Waals surface area (Å²) in [7, 11) is 1.55. The normalized spacial score (nSPS) is 20.3. The first-order valence-electron chi connectivity index (χ1n) is 7.59. The average molecular weight is 312 g/mol. The summed E-state index contributed by atoms with van der Waals surface area (Å²) in [4.78, 5) is 12.3. The molecule has 0 saturated carbocycles. The van der Waals surface area contributed by atoms with Gasteiger partial charge in [0.1, 0.15) is 6.04 Å². The maximum absolute atomic E-state index is 12.3. The molecule has 2 N–H and O–H groups in total. The lowest BCUT2D eigenvalue weighted by atomic mass is 10.0. The smallest absolute Gasteiger partial charge is 0.330 e. The van der Waals surface area contributed by atoms with E-state index in [0.29, 0.717) is 17.9 Å². The summed E-state index contributed by atoms with van der Waals surface area (Å²) in [5.74, 6) is 0.652. The summed E-state index contributed by atoms with van der Waals surface area (Å²) in [5, 5.41) is 0. The standard InChI is InChI=1S/C18H20N2O3/c1-12-7-9-13(10-8-12)14-11-15(20-19-14)18(21)23-17-6-4-3-5-16(17)22-2/h3-10,14-15,19-20H,11H2,1-2H3. The van der Waals surface area contributed by atoms with Crippen molar-refractivity contribution in [2.75, 3.05) is 7.11 Å². The highest BCUT2D eigenvalue weighted by molar-refractivity contribution is 5.79. The number of benzene rings is 2. The Morgan fingerprint density at radius 3 is 2.43 bits per heavy atom. The van der Waals surface area contributed by atoms with E-state index in [0.717, 1.165) is 5.56 Å². The number of aryl methyl sites for hydroxylation is 1. The van der Waals surface area contributed by atoms with E-state index >= 15 is 0 Å². The Balaban J connectivity index is 1.64. The summed E-state index contributed by atoms with van der Waals surface area (Å²) < 4.78 is 10.7. The molecule has 120 valence electrons. The van der Waals surface area contributed by atoms with Crippen LogP contribution in [0.15, 0.2) is 48.5 Å². The number of carbonyl (C=O) groups is 1. The summed E-state index contributed by atoms with van der Waals surface area (Å²) in [6, 6.07) is 15.1. The van der Waals surface area contributed by atoms with E-state index in [1.165, 1.54) is 5.56 Å². The SMILES string of the molecule is COc1ccccc1OC(=O)C1CC(c2ccc(C)cc2)NN1. The average Bonchev–Trinajstić information content (AvgIpc) is 3.06. The zero-order valence-corrected chi connectivity index (χ0v) is 13.2. The lowest BCUT2D eigenvalue weighted by Crippen LogP contribution is -2.38. The minimum atomic E-state index is -0.397. The summed E-state index contributed by atoms with van der Waals surface area (Å²) in [6.07, 6.45) is 0.636. The molecule has 0 spiro atoms. The minimum Gasteiger partial charge on any atom is -0.493 e. The molecular formula is C18H20N2O3. The number of esters is 1. The molecule has 2 aromatic rings. The first-order chi connectivity index (χ1) is 11.2. The number of hydrogen-bond acceptors (Lipinski definition) is 5. The van der Waals surface area contributed by atoms with Crippen LogP contribution < -0.4 is 20.3 Å². The molecule has 0 radical (unpaired) electrons. The fourth-order valence-electron chi connectivity index (χ4n) is 2.61. The van der Waals surface area contributed by atoms with E-state index in [1.54, 1.807) is 25.3 Å². The van der Waals surface area contributed by atoms with Gasteiger partial charge in [0.25, 0.3) is 0 Å². The van der Waals surface area contributed by atoms with Crippen molar-refractivity contribution in [1.29, 1.82) is 0 Å². The largest absolute Gasteiger partial charge is 0.493 e. The second-order valence-electron chi connectivity index (χ2n) is 5.61. The Hall–Kier alpha value is -2.37. The topological polar surface area (TPSA) is 59.6 Å². The van der Waals surface area contributed by atoms with Gasteiger partial charge in [0.2, 0.25) is 0 Å². The number of carbonyl (C=O) groups excluding carboxylic acids is 1. The lowest BCUT2D eigenvalue weighted by molar-refractivity contribution is -0.136. The molecule has 0 aromatic heterocycles.